The van der Waals surface area contributed by atoms with Crippen LogP contribution in [0.15, 0.2) is 160 Å². The molecule has 0 radical (unpaired) electrons. The number of piperidine rings is 1. The molecular weight excluding hydrogens is 1000 g/mol. The predicted molar refractivity (Wildman–Crippen MR) is 310 cm³/mol. The summed E-state index contributed by atoms with van der Waals surface area (Å²) in [6, 6.07) is 45.9. The Balaban J connectivity index is 0.000000130. The number of H-pyrrole nitrogens is 2. The molecule has 1 atom stereocenters. The third kappa shape index (κ3) is 11.1. The number of aliphatic imine (C=N–C) groups is 1. The summed E-state index contributed by atoms with van der Waals surface area (Å²) in [5, 5.41) is 29.5. The molecule has 13 rings (SSSR count). The van der Waals surface area contributed by atoms with Gasteiger partial charge in [0, 0.05) is 45.2 Å². The number of isocyanates is 1. The van der Waals surface area contributed by atoms with E-state index < -0.39 is 6.04 Å². The number of nitrogens with one attached hydrogen (secondary N) is 6. The summed E-state index contributed by atoms with van der Waals surface area (Å²) in [5.41, 5.74) is 8.26. The molecule has 17 heteroatoms. The van der Waals surface area contributed by atoms with Gasteiger partial charge in [-0.15, -0.1) is 0 Å². The van der Waals surface area contributed by atoms with Gasteiger partial charge in [-0.25, -0.2) is 15.0 Å². The highest BCUT2D eigenvalue weighted by atomic mass is 35.5. The van der Waals surface area contributed by atoms with Crippen LogP contribution in [0.1, 0.15) is 95.4 Å². The van der Waals surface area contributed by atoms with Crippen LogP contribution in [0, 0.1) is 0 Å². The molecule has 398 valence electrons. The summed E-state index contributed by atoms with van der Waals surface area (Å²) >= 11 is 5.75. The lowest BCUT2D eigenvalue weighted by Crippen LogP contribution is -2.48. The molecule has 6 heterocycles. The SMILES string of the molecule is CC1(C)OB(c2ccc(N=C=O)cc2)OC1(C)C.O=C(Nc1ccc(-c2n[nH]c(=O)c3ccccc23)cc1)C1NC2(CCNCC2)c2ccccc21.O=c1[nH]nc(Cl)c2ccccc12.c1ccc2c(c1)NCC21CCCCC1. The Bertz CT molecular complexity index is 3600. The minimum absolute atomic E-state index is 0.0665. The molecule has 15 nitrogen and oxygen atoms in total. The summed E-state index contributed by atoms with van der Waals surface area (Å²) in [6.45, 7) is 11.1. The van der Waals surface area contributed by atoms with Crippen molar-refractivity contribution in [3.05, 3.63) is 188 Å². The van der Waals surface area contributed by atoms with E-state index >= 15 is 0 Å². The summed E-state index contributed by atoms with van der Waals surface area (Å²) in [7, 11) is -0.385. The average molecular weight is 1060 g/mol. The van der Waals surface area contributed by atoms with Gasteiger partial charge in [0.1, 0.15) is 6.04 Å². The number of carbonyl (C=O) groups is 1. The molecule has 2 saturated heterocycles. The zero-order valence-corrected chi connectivity index (χ0v) is 45.0. The van der Waals surface area contributed by atoms with E-state index in [9.17, 15) is 19.2 Å². The number of anilines is 2. The van der Waals surface area contributed by atoms with Crippen LogP contribution in [0.3, 0.4) is 0 Å². The van der Waals surface area contributed by atoms with Crippen LogP contribution in [-0.2, 0) is 29.9 Å². The number of amides is 1. The Morgan fingerprint density at radius 3 is 1.91 bits per heavy atom. The Hall–Kier alpha value is -7.56. The van der Waals surface area contributed by atoms with Crippen molar-refractivity contribution in [3.63, 3.8) is 0 Å². The molecule has 1 aliphatic carbocycles. The Morgan fingerprint density at radius 2 is 1.26 bits per heavy atom. The fourth-order valence-electron chi connectivity index (χ4n) is 11.3. The van der Waals surface area contributed by atoms with Gasteiger partial charge in [0.2, 0.25) is 12.0 Å². The van der Waals surface area contributed by atoms with Crippen molar-refractivity contribution in [3.8, 4) is 11.3 Å². The summed E-state index contributed by atoms with van der Waals surface area (Å²) in [6.07, 6.45) is 10.5. The summed E-state index contributed by atoms with van der Waals surface area (Å²) in [4.78, 5) is 50.3. The topological polar surface area (TPSA) is 205 Å². The summed E-state index contributed by atoms with van der Waals surface area (Å²) in [5.74, 6) is -0.0665. The van der Waals surface area contributed by atoms with Gasteiger partial charge in [-0.1, -0.05) is 134 Å². The number of hydrogen-bond donors (Lipinski definition) is 6. The fourth-order valence-corrected chi connectivity index (χ4v) is 11.5. The molecule has 6 N–H and O–H groups in total. The van der Waals surface area contributed by atoms with Gasteiger partial charge < -0.3 is 25.3 Å². The lowest BCUT2D eigenvalue weighted by atomic mass is 9.71. The number of rotatable bonds is 5. The van der Waals surface area contributed by atoms with Crippen LogP contribution in [0.2, 0.25) is 5.15 Å². The Labute approximate surface area is 458 Å². The van der Waals surface area contributed by atoms with Gasteiger partial charge in [0.15, 0.2) is 5.15 Å². The largest absolute Gasteiger partial charge is 0.494 e. The molecule has 6 aromatic carbocycles. The predicted octanol–water partition coefficient (Wildman–Crippen LogP) is 10.3. The van der Waals surface area contributed by atoms with Crippen LogP contribution in [-0.4, -0.2) is 70.3 Å². The molecule has 8 aromatic rings. The molecular formula is C61H63BClN9O6. The molecule has 1 saturated carbocycles. The zero-order chi connectivity index (χ0) is 54.5. The van der Waals surface area contributed by atoms with E-state index in [4.69, 9.17) is 20.9 Å². The van der Waals surface area contributed by atoms with Gasteiger partial charge in [0.25, 0.3) is 11.1 Å². The third-order valence-corrected chi connectivity index (χ3v) is 16.5. The highest BCUT2D eigenvalue weighted by Gasteiger charge is 2.52. The first-order chi connectivity index (χ1) is 37.7. The van der Waals surface area contributed by atoms with Crippen LogP contribution < -0.4 is 37.8 Å². The summed E-state index contributed by atoms with van der Waals surface area (Å²) < 4.78 is 11.8. The minimum atomic E-state index is -0.390. The number of fused-ring (bicyclic) bond motifs is 6. The van der Waals surface area contributed by atoms with E-state index in [2.05, 4.69) is 89.1 Å². The van der Waals surface area contributed by atoms with E-state index in [0.29, 0.717) is 43.8 Å². The first-order valence-corrected chi connectivity index (χ1v) is 27.0. The van der Waals surface area contributed by atoms with Gasteiger partial charge in [0.05, 0.1) is 33.4 Å². The number of benzene rings is 6. The van der Waals surface area contributed by atoms with Crippen molar-refractivity contribution in [1.29, 1.82) is 0 Å². The van der Waals surface area contributed by atoms with Gasteiger partial charge in [-0.05, 0) is 131 Å². The number of aromatic nitrogens is 4. The monoisotopic (exact) mass is 1060 g/mol. The third-order valence-electron chi connectivity index (χ3n) is 16.2. The lowest BCUT2D eigenvalue weighted by Gasteiger charge is -2.35. The van der Waals surface area contributed by atoms with Crippen LogP contribution in [0.4, 0.5) is 17.1 Å². The van der Waals surface area contributed by atoms with Crippen molar-refractivity contribution in [1.82, 2.24) is 31.0 Å². The number of nitrogens with zero attached hydrogens (tertiary/aromatic N) is 3. The van der Waals surface area contributed by atoms with E-state index in [0.717, 1.165) is 47.9 Å². The first kappa shape index (κ1) is 53.8. The molecule has 5 aliphatic rings. The normalized spacial score (nSPS) is 18.6. The standard InChI is InChI=1S/C27H25N5O2.C13H16BNO3.C13H17N.C8H5ClN2O/c33-25-20-6-2-1-5-19(20)23(31-32-25)17-9-11-18(12-10-17)29-26(34)24-21-7-3-4-8-22(21)27(30-24)13-15-28-16-14-27;1-12(2)13(3,4)18-14(17-12)10-5-7-11(8-6-10)15-9-16;1-4-8-13(9-5-1)10-14-12-7-3-2-6-11(12)13;9-7-5-3-1-2-4-6(5)8(12)11-10-7/h1-12,24,28,30H,13-16H2,(H,29,34)(H,32,33);5-8H,1-4H3;2-3,6-7,14H,1,4-5,8-10H2;1-4H,(H,11,12). The molecule has 2 aromatic heterocycles. The van der Waals surface area contributed by atoms with Gasteiger partial charge in [-0.2, -0.15) is 15.2 Å². The quantitative estimate of drug-likeness (QED) is 0.0544. The number of hydrogen-bond acceptors (Lipinski definition) is 12. The maximum atomic E-state index is 13.3. The lowest BCUT2D eigenvalue weighted by molar-refractivity contribution is -0.118. The van der Waals surface area contributed by atoms with Crippen molar-refractivity contribution >= 4 is 74.8 Å². The molecule has 1 amide bonds. The molecule has 0 bridgehead atoms. The fraction of sp³-hybridized carbons (Fsp3) is 0.311. The van der Waals surface area contributed by atoms with Crippen LogP contribution in [0.5, 0.6) is 0 Å². The average Bonchev–Trinajstić information content (AvgIpc) is 4.17. The maximum Gasteiger partial charge on any atom is 0.494 e. The van der Waals surface area contributed by atoms with Crippen molar-refractivity contribution in [2.45, 2.75) is 101 Å². The van der Waals surface area contributed by atoms with Crippen molar-refractivity contribution < 1.29 is 18.9 Å². The molecule has 4 aliphatic heterocycles. The maximum absolute atomic E-state index is 13.3. The van der Waals surface area contributed by atoms with Crippen LogP contribution >= 0.6 is 11.6 Å². The second kappa shape index (κ2) is 22.8. The van der Waals surface area contributed by atoms with Gasteiger partial charge >= 0.3 is 7.12 Å². The Kier molecular flexibility index (Phi) is 15.7. The minimum Gasteiger partial charge on any atom is -0.399 e. The van der Waals surface area contributed by atoms with Crippen LogP contribution in [0.25, 0.3) is 32.8 Å². The first-order valence-electron chi connectivity index (χ1n) is 26.7. The molecule has 1 unspecified atom stereocenters. The van der Waals surface area contributed by atoms with E-state index in [1.807, 2.05) is 94.4 Å². The molecule has 78 heavy (non-hydrogen) atoms. The highest BCUT2D eigenvalue weighted by Crippen LogP contribution is 2.47. The van der Waals surface area contributed by atoms with E-state index in [1.165, 1.54) is 56.0 Å². The second-order valence-electron chi connectivity index (χ2n) is 21.5. The zero-order valence-electron chi connectivity index (χ0n) is 44.3. The number of halogens is 1. The number of para-hydroxylation sites is 1. The highest BCUT2D eigenvalue weighted by molar-refractivity contribution is 6.62. The van der Waals surface area contributed by atoms with E-state index in [-0.39, 0.29) is 40.9 Å². The number of aromatic amines is 2. The van der Waals surface area contributed by atoms with Gasteiger partial charge in [-0.3, -0.25) is 19.7 Å². The second-order valence-corrected chi connectivity index (χ2v) is 21.9. The number of carbonyl (C=O) groups excluding carboxylic acids is 2. The van der Waals surface area contributed by atoms with Crippen molar-refractivity contribution in [2.24, 2.45) is 4.99 Å². The smallest absolute Gasteiger partial charge is 0.399 e. The molecule has 3 fully saturated rings. The van der Waals surface area contributed by atoms with E-state index in [1.54, 1.807) is 42.0 Å². The Morgan fingerprint density at radius 1 is 0.679 bits per heavy atom. The molecule has 2 spiro atoms. The van der Waals surface area contributed by atoms with Crippen molar-refractivity contribution in [2.75, 3.05) is 30.3 Å².